The van der Waals surface area contributed by atoms with Gasteiger partial charge in [0.05, 0.1) is 5.37 Å². The maximum atomic E-state index is 3.77. The number of hydrogen-bond donors (Lipinski definition) is 0. The zero-order chi connectivity index (χ0) is 8.27. The summed E-state index contributed by atoms with van der Waals surface area (Å²) in [4.78, 5) is 2.50. The molecular formula is C9H17NS. The molecule has 0 saturated carbocycles. The van der Waals surface area contributed by atoms with E-state index in [1.165, 1.54) is 13.0 Å². The van der Waals surface area contributed by atoms with Crippen LogP contribution in [0.25, 0.3) is 0 Å². The van der Waals surface area contributed by atoms with Crippen LogP contribution < -0.4 is 0 Å². The fourth-order valence-electron chi connectivity index (χ4n) is 1.56. The Bertz CT molecular complexity index is 136. The lowest BCUT2D eigenvalue weighted by molar-refractivity contribution is 0.303. The van der Waals surface area contributed by atoms with E-state index in [1.54, 1.807) is 0 Å². The summed E-state index contributed by atoms with van der Waals surface area (Å²) in [6.07, 6.45) is 3.25. The second-order valence-corrected chi connectivity index (χ2v) is 4.67. The van der Waals surface area contributed by atoms with Gasteiger partial charge < -0.3 is 0 Å². The van der Waals surface area contributed by atoms with E-state index in [2.05, 4.69) is 37.1 Å². The van der Waals surface area contributed by atoms with Crippen molar-refractivity contribution >= 4 is 11.8 Å². The Hall–Kier alpha value is 0.0500. The highest BCUT2D eigenvalue weighted by Gasteiger charge is 2.27. The Morgan fingerprint density at radius 3 is 3.00 bits per heavy atom. The Balaban J connectivity index is 2.43. The standard InChI is InChI=1S/C9H17NS/c1-4-6-10-7-8(3)11-9(10)5-2/h4,8-9H,1,5-7H2,2-3H3. The first-order valence-corrected chi connectivity index (χ1v) is 5.22. The Morgan fingerprint density at radius 2 is 2.45 bits per heavy atom. The Morgan fingerprint density at radius 1 is 1.73 bits per heavy atom. The molecule has 2 atom stereocenters. The summed E-state index contributed by atoms with van der Waals surface area (Å²) in [5, 5.41) is 1.54. The van der Waals surface area contributed by atoms with E-state index in [0.717, 1.165) is 17.2 Å². The molecule has 2 heteroatoms. The van der Waals surface area contributed by atoms with E-state index in [9.17, 15) is 0 Å². The van der Waals surface area contributed by atoms with E-state index in [1.807, 2.05) is 6.08 Å². The minimum atomic E-state index is 0.739. The van der Waals surface area contributed by atoms with Crippen LogP contribution in [0.15, 0.2) is 12.7 Å². The van der Waals surface area contributed by atoms with Gasteiger partial charge in [0, 0.05) is 18.3 Å². The minimum Gasteiger partial charge on any atom is -0.287 e. The van der Waals surface area contributed by atoms with Crippen molar-refractivity contribution in [3.8, 4) is 0 Å². The summed E-state index contributed by atoms with van der Waals surface area (Å²) in [6.45, 7) is 10.6. The third-order valence-electron chi connectivity index (χ3n) is 2.00. The maximum absolute atomic E-state index is 3.77. The lowest BCUT2D eigenvalue weighted by Crippen LogP contribution is -2.28. The molecule has 0 aromatic heterocycles. The maximum Gasteiger partial charge on any atom is 0.0561 e. The van der Waals surface area contributed by atoms with Crippen LogP contribution in [0, 0.1) is 0 Å². The zero-order valence-electron chi connectivity index (χ0n) is 7.42. The second-order valence-electron chi connectivity index (χ2n) is 3.05. The van der Waals surface area contributed by atoms with Crippen molar-refractivity contribution in [3.63, 3.8) is 0 Å². The molecule has 1 aliphatic rings. The number of thioether (sulfide) groups is 1. The average molecular weight is 171 g/mol. The SMILES string of the molecule is C=CCN1CC(C)SC1CC. The van der Waals surface area contributed by atoms with Gasteiger partial charge in [0.2, 0.25) is 0 Å². The molecule has 1 heterocycles. The van der Waals surface area contributed by atoms with E-state index >= 15 is 0 Å². The highest BCUT2D eigenvalue weighted by Crippen LogP contribution is 2.31. The monoisotopic (exact) mass is 171 g/mol. The molecule has 0 bridgehead atoms. The Kier molecular flexibility index (Phi) is 3.46. The smallest absolute Gasteiger partial charge is 0.0561 e. The molecule has 0 radical (unpaired) electrons. The summed E-state index contributed by atoms with van der Waals surface area (Å²) < 4.78 is 0. The van der Waals surface area contributed by atoms with E-state index in [-0.39, 0.29) is 0 Å². The molecule has 1 nitrogen and oxygen atoms in total. The van der Waals surface area contributed by atoms with Crippen LogP contribution in [0.5, 0.6) is 0 Å². The van der Waals surface area contributed by atoms with Crippen LogP contribution in [0.3, 0.4) is 0 Å². The van der Waals surface area contributed by atoms with Gasteiger partial charge in [-0.25, -0.2) is 0 Å². The summed E-state index contributed by atoms with van der Waals surface area (Å²) in [6, 6.07) is 0. The molecule has 0 aromatic rings. The van der Waals surface area contributed by atoms with Gasteiger partial charge in [-0.1, -0.05) is 19.9 Å². The van der Waals surface area contributed by atoms with Gasteiger partial charge in [0.1, 0.15) is 0 Å². The van der Waals surface area contributed by atoms with Crippen molar-refractivity contribution in [1.29, 1.82) is 0 Å². The summed E-state index contributed by atoms with van der Waals surface area (Å²) in [5.41, 5.74) is 0. The van der Waals surface area contributed by atoms with E-state index < -0.39 is 0 Å². The van der Waals surface area contributed by atoms with Gasteiger partial charge in [-0.2, -0.15) is 0 Å². The first-order chi connectivity index (χ1) is 5.27. The van der Waals surface area contributed by atoms with Gasteiger partial charge in [-0.3, -0.25) is 4.90 Å². The van der Waals surface area contributed by atoms with Crippen LogP contribution in [0.1, 0.15) is 20.3 Å². The molecule has 0 spiro atoms. The third kappa shape index (κ3) is 2.24. The molecule has 1 rings (SSSR count). The fraction of sp³-hybridized carbons (Fsp3) is 0.778. The molecule has 1 aliphatic heterocycles. The van der Waals surface area contributed by atoms with Crippen molar-refractivity contribution in [1.82, 2.24) is 4.90 Å². The molecule has 0 aromatic carbocycles. The molecular weight excluding hydrogens is 154 g/mol. The second kappa shape index (κ2) is 4.17. The van der Waals surface area contributed by atoms with Crippen molar-refractivity contribution < 1.29 is 0 Å². The van der Waals surface area contributed by atoms with Crippen LogP contribution in [0.2, 0.25) is 0 Å². The van der Waals surface area contributed by atoms with Gasteiger partial charge >= 0.3 is 0 Å². The molecule has 11 heavy (non-hydrogen) atoms. The molecule has 1 fully saturated rings. The average Bonchev–Trinajstić information content (AvgIpc) is 2.32. The van der Waals surface area contributed by atoms with Crippen molar-refractivity contribution in [2.45, 2.75) is 30.9 Å². The van der Waals surface area contributed by atoms with Crippen molar-refractivity contribution in [2.24, 2.45) is 0 Å². The van der Waals surface area contributed by atoms with Crippen LogP contribution in [-0.4, -0.2) is 28.6 Å². The highest BCUT2D eigenvalue weighted by atomic mass is 32.2. The van der Waals surface area contributed by atoms with Crippen molar-refractivity contribution in [3.05, 3.63) is 12.7 Å². The topological polar surface area (TPSA) is 3.24 Å². The number of nitrogens with zero attached hydrogens (tertiary/aromatic N) is 1. The largest absolute Gasteiger partial charge is 0.287 e. The first-order valence-electron chi connectivity index (χ1n) is 4.28. The predicted octanol–water partition coefficient (Wildman–Crippen LogP) is 2.35. The Labute approximate surface area is 73.8 Å². The van der Waals surface area contributed by atoms with Crippen LogP contribution in [0.4, 0.5) is 0 Å². The number of hydrogen-bond acceptors (Lipinski definition) is 2. The van der Waals surface area contributed by atoms with Crippen LogP contribution >= 0.6 is 11.8 Å². The summed E-state index contributed by atoms with van der Waals surface area (Å²) >= 11 is 2.09. The number of rotatable bonds is 3. The van der Waals surface area contributed by atoms with Crippen molar-refractivity contribution in [2.75, 3.05) is 13.1 Å². The molecule has 0 aliphatic carbocycles. The fourth-order valence-corrected chi connectivity index (χ4v) is 2.91. The molecule has 1 saturated heterocycles. The third-order valence-corrected chi connectivity index (χ3v) is 3.56. The van der Waals surface area contributed by atoms with E-state index in [4.69, 9.17) is 0 Å². The van der Waals surface area contributed by atoms with Gasteiger partial charge in [-0.15, -0.1) is 18.3 Å². The van der Waals surface area contributed by atoms with E-state index in [0.29, 0.717) is 0 Å². The highest BCUT2D eigenvalue weighted by molar-refractivity contribution is 8.00. The lowest BCUT2D eigenvalue weighted by Gasteiger charge is -2.19. The lowest BCUT2D eigenvalue weighted by atomic mass is 10.3. The van der Waals surface area contributed by atoms with Crippen LogP contribution in [-0.2, 0) is 0 Å². The predicted molar refractivity (Wildman–Crippen MR) is 52.9 cm³/mol. The van der Waals surface area contributed by atoms with Gasteiger partial charge in [0.25, 0.3) is 0 Å². The van der Waals surface area contributed by atoms with Gasteiger partial charge in [0.15, 0.2) is 0 Å². The summed E-state index contributed by atoms with van der Waals surface area (Å²) in [5.74, 6) is 0. The zero-order valence-corrected chi connectivity index (χ0v) is 8.23. The minimum absolute atomic E-state index is 0.739. The summed E-state index contributed by atoms with van der Waals surface area (Å²) in [7, 11) is 0. The molecule has 2 unspecified atom stereocenters. The van der Waals surface area contributed by atoms with Gasteiger partial charge in [-0.05, 0) is 6.42 Å². The molecule has 0 N–H and O–H groups in total. The first kappa shape index (κ1) is 9.14. The molecule has 64 valence electrons. The molecule has 0 amide bonds. The quantitative estimate of drug-likeness (QED) is 0.600. The normalized spacial score (nSPS) is 32.5.